The number of hydrogen-bond acceptors (Lipinski definition) is 0. The molecule has 0 radical (unpaired) electrons. The van der Waals surface area contributed by atoms with Gasteiger partial charge in [-0.2, -0.15) is 0 Å². The second-order valence-corrected chi connectivity index (χ2v) is 1.53. The van der Waals surface area contributed by atoms with Crippen LogP contribution in [0.25, 0.3) is 0 Å². The smallest absolute Gasteiger partial charge is 0.0708 e. The van der Waals surface area contributed by atoms with Crippen LogP contribution in [0.5, 0.6) is 0 Å². The molecular weight excluding hydrogens is 71.5 g/mol. The van der Waals surface area contributed by atoms with Gasteiger partial charge in [-0.05, 0) is 6.92 Å². The highest BCUT2D eigenvalue weighted by Gasteiger charge is 1.82. The standard InChI is InChI=1S/C3H6Cl/c1-3(2)4/h3H,1H2,2H3/q+1. The molecule has 0 bridgehead atoms. The molecule has 0 nitrogen and oxygen atoms in total. The lowest BCUT2D eigenvalue weighted by molar-refractivity contribution is 1.23. The van der Waals surface area contributed by atoms with Crippen LogP contribution in [0, 0.1) is 6.92 Å². The molecule has 0 aliphatic carbocycles. The lowest BCUT2D eigenvalue weighted by Crippen LogP contribution is -1.71. The molecule has 0 saturated heterocycles. The molecule has 0 aliphatic heterocycles. The van der Waals surface area contributed by atoms with Gasteiger partial charge in [0.1, 0.15) is 0 Å². The Balaban J connectivity index is 2.32. The maximum atomic E-state index is 5.16. The summed E-state index contributed by atoms with van der Waals surface area (Å²) in [5.74, 6) is 0. The average Bonchev–Trinajstić information content (AvgIpc) is 0.811. The first-order chi connectivity index (χ1) is 1.73. The van der Waals surface area contributed by atoms with Crippen molar-refractivity contribution in [2.75, 3.05) is 0 Å². The second-order valence-electron chi connectivity index (χ2n) is 0.781. The highest BCUT2D eigenvalue weighted by atomic mass is 35.5. The maximum Gasteiger partial charge on any atom is 0.165 e. The predicted molar refractivity (Wildman–Crippen MR) is 20.7 cm³/mol. The van der Waals surface area contributed by atoms with Crippen LogP contribution in [0.3, 0.4) is 0 Å². The minimum atomic E-state index is 0.0556. The SMILES string of the molecule is [CH2+]C(C)Cl. The summed E-state index contributed by atoms with van der Waals surface area (Å²) in [5, 5.41) is 0.0556. The van der Waals surface area contributed by atoms with Crippen LogP contribution in [0.1, 0.15) is 6.92 Å². The van der Waals surface area contributed by atoms with Crippen molar-refractivity contribution in [1.82, 2.24) is 0 Å². The van der Waals surface area contributed by atoms with Gasteiger partial charge < -0.3 is 0 Å². The van der Waals surface area contributed by atoms with Crippen molar-refractivity contribution < 1.29 is 0 Å². The van der Waals surface area contributed by atoms with Crippen LogP contribution >= 0.6 is 11.6 Å². The summed E-state index contributed by atoms with van der Waals surface area (Å²) in [5.41, 5.74) is 0. The van der Waals surface area contributed by atoms with E-state index in [1.165, 1.54) is 0 Å². The summed E-state index contributed by atoms with van der Waals surface area (Å²) >= 11 is 5.16. The van der Waals surface area contributed by atoms with E-state index >= 15 is 0 Å². The van der Waals surface area contributed by atoms with Gasteiger partial charge in [-0.1, -0.05) is 11.6 Å². The lowest BCUT2D eigenvalue weighted by atomic mass is 10.6. The summed E-state index contributed by atoms with van der Waals surface area (Å²) in [4.78, 5) is 0. The third-order valence-corrected chi connectivity index (χ3v) is 0. The molecule has 0 N–H and O–H groups in total. The van der Waals surface area contributed by atoms with Crippen molar-refractivity contribution in [3.05, 3.63) is 6.92 Å². The molecule has 0 aromatic heterocycles. The second kappa shape index (κ2) is 1.48. The van der Waals surface area contributed by atoms with Gasteiger partial charge in [0.25, 0.3) is 0 Å². The zero-order valence-corrected chi connectivity index (χ0v) is 3.42. The Labute approximate surface area is 31.8 Å². The van der Waals surface area contributed by atoms with Crippen molar-refractivity contribution in [2.45, 2.75) is 12.3 Å². The highest BCUT2D eigenvalue weighted by molar-refractivity contribution is 6.20. The zero-order chi connectivity index (χ0) is 3.58. The third kappa shape index (κ3) is 114. The van der Waals surface area contributed by atoms with E-state index < -0.39 is 0 Å². The molecule has 4 heavy (non-hydrogen) atoms. The molecule has 0 rings (SSSR count). The van der Waals surface area contributed by atoms with Gasteiger partial charge in [0.15, 0.2) is 5.38 Å². The molecule has 0 aromatic rings. The maximum absolute atomic E-state index is 5.16. The normalized spacial score (nSPS) is 15.5. The van der Waals surface area contributed by atoms with E-state index in [1.807, 2.05) is 6.92 Å². The third-order valence-electron chi connectivity index (χ3n) is 0. The van der Waals surface area contributed by atoms with Crippen LogP contribution in [0.2, 0.25) is 0 Å². The fraction of sp³-hybridized carbons (Fsp3) is 0.667. The van der Waals surface area contributed by atoms with E-state index in [4.69, 9.17) is 11.6 Å². The molecule has 0 aliphatic rings. The summed E-state index contributed by atoms with van der Waals surface area (Å²) in [6, 6.07) is 0. The van der Waals surface area contributed by atoms with Crippen molar-refractivity contribution in [3.63, 3.8) is 0 Å². The van der Waals surface area contributed by atoms with Crippen molar-refractivity contribution in [3.8, 4) is 0 Å². The van der Waals surface area contributed by atoms with Gasteiger partial charge in [-0.25, -0.2) is 0 Å². The van der Waals surface area contributed by atoms with Gasteiger partial charge in [-0.3, -0.25) is 0 Å². The highest BCUT2D eigenvalue weighted by Crippen LogP contribution is 1.83. The van der Waals surface area contributed by atoms with Gasteiger partial charge in [-0.15, -0.1) is 0 Å². The molecule has 0 aromatic carbocycles. The van der Waals surface area contributed by atoms with Crippen LogP contribution in [-0.4, -0.2) is 5.38 Å². The molecular formula is C3H6Cl+. The Bertz CT molecular complexity index is 8.00. The Morgan fingerprint density at radius 2 is 2.00 bits per heavy atom. The number of halogens is 1. The molecule has 0 saturated carbocycles. The summed E-state index contributed by atoms with van der Waals surface area (Å²) < 4.78 is 0. The van der Waals surface area contributed by atoms with Crippen molar-refractivity contribution in [1.29, 1.82) is 0 Å². The molecule has 0 fully saturated rings. The fourth-order valence-corrected chi connectivity index (χ4v) is 0. The largest absolute Gasteiger partial charge is 0.165 e. The molecule has 0 spiro atoms. The summed E-state index contributed by atoms with van der Waals surface area (Å²) in [6.45, 7) is 5.23. The topological polar surface area (TPSA) is 0 Å². The van der Waals surface area contributed by atoms with Crippen molar-refractivity contribution in [2.24, 2.45) is 0 Å². The molecule has 1 unspecified atom stereocenters. The zero-order valence-electron chi connectivity index (χ0n) is 2.66. The van der Waals surface area contributed by atoms with E-state index in [1.54, 1.807) is 0 Å². The first-order valence-corrected chi connectivity index (χ1v) is 1.64. The molecule has 1 atom stereocenters. The Morgan fingerprint density at radius 1 is 2.00 bits per heavy atom. The van der Waals surface area contributed by atoms with Crippen LogP contribution in [0.4, 0.5) is 0 Å². The van der Waals surface area contributed by atoms with E-state index in [2.05, 4.69) is 6.92 Å². The first-order valence-electron chi connectivity index (χ1n) is 1.20. The Morgan fingerprint density at radius 3 is 2.00 bits per heavy atom. The molecule has 1 heteroatoms. The molecule has 24 valence electrons. The predicted octanol–water partition coefficient (Wildman–Crippen LogP) is 1.45. The number of hydrogen-bond donors (Lipinski definition) is 0. The van der Waals surface area contributed by atoms with Crippen LogP contribution < -0.4 is 0 Å². The van der Waals surface area contributed by atoms with Gasteiger partial charge in [0, 0.05) is 0 Å². The van der Waals surface area contributed by atoms with E-state index in [-0.39, 0.29) is 5.38 Å². The first kappa shape index (κ1) is 4.16. The lowest BCUT2D eigenvalue weighted by Gasteiger charge is -1.65. The van der Waals surface area contributed by atoms with Crippen LogP contribution in [0.15, 0.2) is 0 Å². The summed E-state index contributed by atoms with van der Waals surface area (Å²) in [7, 11) is 0. The fourth-order valence-electron chi connectivity index (χ4n) is 0. The van der Waals surface area contributed by atoms with Gasteiger partial charge in [0.2, 0.25) is 0 Å². The Hall–Kier alpha value is 0.160. The van der Waals surface area contributed by atoms with Gasteiger partial charge >= 0.3 is 0 Å². The monoisotopic (exact) mass is 77.0 g/mol. The Kier molecular flexibility index (Phi) is 1.54. The summed E-state index contributed by atoms with van der Waals surface area (Å²) in [6.07, 6.45) is 0. The van der Waals surface area contributed by atoms with E-state index in [0.717, 1.165) is 0 Å². The number of rotatable bonds is 0. The minimum Gasteiger partial charge on any atom is -0.0708 e. The van der Waals surface area contributed by atoms with Gasteiger partial charge in [0.05, 0.1) is 6.92 Å². The minimum absolute atomic E-state index is 0.0556. The average molecular weight is 77.5 g/mol. The van der Waals surface area contributed by atoms with E-state index in [0.29, 0.717) is 0 Å². The van der Waals surface area contributed by atoms with Crippen molar-refractivity contribution >= 4 is 11.6 Å². The molecule has 0 amide bonds. The number of alkyl halides is 1. The van der Waals surface area contributed by atoms with E-state index in [9.17, 15) is 0 Å². The molecule has 0 heterocycles. The van der Waals surface area contributed by atoms with Crippen LogP contribution in [-0.2, 0) is 0 Å². The quantitative estimate of drug-likeness (QED) is 0.303.